The van der Waals surface area contributed by atoms with Crippen LogP contribution in [0.4, 0.5) is 0 Å². The molecule has 8 aromatic carbocycles. The van der Waals surface area contributed by atoms with E-state index in [4.69, 9.17) is 8.83 Å². The summed E-state index contributed by atoms with van der Waals surface area (Å²) in [4.78, 5) is 0. The minimum Gasteiger partial charge on any atom is -0.456 e. The normalized spacial score (nSPS) is 14.0. The third-order valence-corrected chi connectivity index (χ3v) is 11.6. The molecule has 2 aromatic heterocycles. The zero-order valence-corrected chi connectivity index (χ0v) is 29.8. The van der Waals surface area contributed by atoms with Gasteiger partial charge in [0.15, 0.2) is 0 Å². The van der Waals surface area contributed by atoms with Crippen molar-refractivity contribution in [3.05, 3.63) is 193 Å². The Morgan fingerprint density at radius 1 is 0.407 bits per heavy atom. The second kappa shape index (κ2) is 12.5. The number of aryl methyl sites for hydroxylation is 1. The quantitative estimate of drug-likeness (QED) is 0.179. The number of rotatable bonds is 5. The lowest BCUT2D eigenvalue weighted by Crippen LogP contribution is -2.04. The highest BCUT2D eigenvalue weighted by Gasteiger charge is 2.25. The van der Waals surface area contributed by atoms with Gasteiger partial charge in [0.1, 0.15) is 22.3 Å². The van der Waals surface area contributed by atoms with Crippen LogP contribution in [0.2, 0.25) is 0 Å². The molecule has 2 heterocycles. The van der Waals surface area contributed by atoms with Gasteiger partial charge in [-0.3, -0.25) is 0 Å². The van der Waals surface area contributed by atoms with Gasteiger partial charge in [0.05, 0.1) is 0 Å². The van der Waals surface area contributed by atoms with E-state index in [1.54, 1.807) is 0 Å². The molecule has 11 rings (SSSR count). The van der Waals surface area contributed by atoms with Crippen LogP contribution in [0.1, 0.15) is 29.0 Å². The molecule has 0 fully saturated rings. The molecule has 54 heavy (non-hydrogen) atoms. The molecule has 0 spiro atoms. The number of fused-ring (bicyclic) bond motifs is 9. The van der Waals surface area contributed by atoms with Crippen molar-refractivity contribution in [3.63, 3.8) is 0 Å². The van der Waals surface area contributed by atoms with Gasteiger partial charge in [-0.2, -0.15) is 0 Å². The summed E-state index contributed by atoms with van der Waals surface area (Å²) in [6.45, 7) is 0. The van der Waals surface area contributed by atoms with Gasteiger partial charge in [-0.1, -0.05) is 146 Å². The van der Waals surface area contributed by atoms with E-state index in [-0.39, 0.29) is 0 Å². The smallest absolute Gasteiger partial charge is 0.143 e. The van der Waals surface area contributed by atoms with Gasteiger partial charge in [0.25, 0.3) is 0 Å². The Balaban J connectivity index is 0.941. The van der Waals surface area contributed by atoms with Gasteiger partial charge in [-0.15, -0.1) is 0 Å². The van der Waals surface area contributed by atoms with Crippen LogP contribution >= 0.6 is 0 Å². The maximum Gasteiger partial charge on any atom is 0.143 e. The van der Waals surface area contributed by atoms with Crippen molar-refractivity contribution in [2.24, 2.45) is 0 Å². The molecule has 2 nitrogen and oxygen atoms in total. The average Bonchev–Trinajstić information content (AvgIpc) is 3.75. The molecule has 10 aromatic rings. The molecule has 1 unspecified atom stereocenters. The first-order chi connectivity index (χ1) is 26.7. The first-order valence-corrected chi connectivity index (χ1v) is 19.0. The van der Waals surface area contributed by atoms with Crippen LogP contribution < -0.4 is 0 Å². The van der Waals surface area contributed by atoms with E-state index in [2.05, 4.69) is 170 Å². The number of hydrogen-bond donors (Lipinski definition) is 0. The maximum absolute atomic E-state index is 6.78. The Morgan fingerprint density at radius 3 is 1.96 bits per heavy atom. The standard InChI is InChI=1S/C52H36O2/c1-2-10-34(11-3-1)38-13-8-14-39(30-38)35-21-23-37(24-22-35)42-17-9-18-45-44-27-20-33(29-50(44)54-52(42)45)28-40-26-25-36-12-4-5-15-41(36)47-32-51-48(31-46(40)47)43-16-6-7-19-49(43)53-51/h1-24,27,29-32,40H,25-26,28H2. The summed E-state index contributed by atoms with van der Waals surface area (Å²) in [6.07, 6.45) is 3.07. The molecule has 0 saturated carbocycles. The third kappa shape index (κ3) is 5.17. The average molecular weight is 693 g/mol. The largest absolute Gasteiger partial charge is 0.456 e. The maximum atomic E-state index is 6.78. The van der Waals surface area contributed by atoms with Gasteiger partial charge in [-0.05, 0) is 111 Å². The van der Waals surface area contributed by atoms with Crippen LogP contribution in [0.15, 0.2) is 185 Å². The Kier molecular flexibility index (Phi) is 7.16. The second-order valence-corrected chi connectivity index (χ2v) is 14.8. The molecule has 0 N–H and O–H groups in total. The fraction of sp³-hybridized carbons (Fsp3) is 0.0769. The topological polar surface area (TPSA) is 26.3 Å². The van der Waals surface area contributed by atoms with Crippen LogP contribution in [0, 0.1) is 0 Å². The van der Waals surface area contributed by atoms with Crippen molar-refractivity contribution < 1.29 is 8.83 Å². The zero-order chi connectivity index (χ0) is 35.6. The molecule has 0 aliphatic heterocycles. The van der Waals surface area contributed by atoms with Crippen LogP contribution in [-0.4, -0.2) is 0 Å². The highest BCUT2D eigenvalue weighted by Crippen LogP contribution is 2.44. The number of benzene rings is 8. The minimum absolute atomic E-state index is 0.356. The fourth-order valence-electron chi connectivity index (χ4n) is 8.89. The van der Waals surface area contributed by atoms with E-state index in [1.165, 1.54) is 60.8 Å². The minimum atomic E-state index is 0.356. The van der Waals surface area contributed by atoms with E-state index in [0.717, 1.165) is 63.5 Å². The van der Waals surface area contributed by atoms with Gasteiger partial charge in [0, 0.05) is 27.1 Å². The van der Waals surface area contributed by atoms with Crippen LogP contribution in [0.5, 0.6) is 0 Å². The van der Waals surface area contributed by atoms with E-state index < -0.39 is 0 Å². The molecule has 0 radical (unpaired) electrons. The van der Waals surface area contributed by atoms with E-state index in [9.17, 15) is 0 Å². The van der Waals surface area contributed by atoms with E-state index in [1.807, 2.05) is 6.07 Å². The Bertz CT molecular complexity index is 3020. The first kappa shape index (κ1) is 30.9. The van der Waals surface area contributed by atoms with Crippen LogP contribution in [0.3, 0.4) is 0 Å². The zero-order valence-electron chi connectivity index (χ0n) is 29.8. The molecule has 256 valence electrons. The predicted octanol–water partition coefficient (Wildman–Crippen LogP) is 14.4. The van der Waals surface area contributed by atoms with Gasteiger partial charge in [-0.25, -0.2) is 0 Å². The summed E-state index contributed by atoms with van der Waals surface area (Å²) in [5, 5.41) is 4.68. The van der Waals surface area contributed by atoms with Crippen LogP contribution in [0.25, 0.3) is 88.4 Å². The second-order valence-electron chi connectivity index (χ2n) is 14.8. The molecular weight excluding hydrogens is 657 g/mol. The SMILES string of the molecule is c1ccc(-c2cccc(-c3ccc(-c4cccc5c4oc4cc(CC6CCc7ccccc7-c7cc8oc9ccccc9c8cc76)ccc45)cc3)c2)cc1. The monoisotopic (exact) mass is 692 g/mol. The van der Waals surface area contributed by atoms with E-state index >= 15 is 0 Å². The molecular formula is C52H36O2. The number of furan rings is 2. The van der Waals surface area contributed by atoms with Crippen molar-refractivity contribution in [1.82, 2.24) is 0 Å². The van der Waals surface area contributed by atoms with Gasteiger partial charge >= 0.3 is 0 Å². The number of hydrogen-bond acceptors (Lipinski definition) is 2. The molecule has 2 heteroatoms. The van der Waals surface area contributed by atoms with Gasteiger partial charge in [0.2, 0.25) is 0 Å². The van der Waals surface area contributed by atoms with Crippen molar-refractivity contribution >= 4 is 43.9 Å². The summed E-state index contributed by atoms with van der Waals surface area (Å²) < 4.78 is 13.2. The highest BCUT2D eigenvalue weighted by atomic mass is 16.3. The third-order valence-electron chi connectivity index (χ3n) is 11.6. The molecule has 1 aliphatic carbocycles. The Labute approximate surface area is 313 Å². The van der Waals surface area contributed by atoms with Crippen molar-refractivity contribution in [2.45, 2.75) is 25.2 Å². The van der Waals surface area contributed by atoms with Crippen molar-refractivity contribution in [1.29, 1.82) is 0 Å². The molecule has 0 bridgehead atoms. The first-order valence-electron chi connectivity index (χ1n) is 19.0. The van der Waals surface area contributed by atoms with Crippen LogP contribution in [-0.2, 0) is 12.8 Å². The molecule has 1 atom stereocenters. The van der Waals surface area contributed by atoms with E-state index in [0.29, 0.717) is 5.92 Å². The highest BCUT2D eigenvalue weighted by molar-refractivity contribution is 6.10. The summed E-state index contributed by atoms with van der Waals surface area (Å²) in [5.41, 5.74) is 17.6. The summed E-state index contributed by atoms with van der Waals surface area (Å²) >= 11 is 0. The predicted molar refractivity (Wildman–Crippen MR) is 224 cm³/mol. The van der Waals surface area contributed by atoms with Gasteiger partial charge < -0.3 is 8.83 Å². The van der Waals surface area contributed by atoms with Crippen molar-refractivity contribution in [2.75, 3.05) is 0 Å². The summed E-state index contributed by atoms with van der Waals surface area (Å²) in [7, 11) is 0. The lowest BCUT2D eigenvalue weighted by molar-refractivity contribution is 0.626. The number of para-hydroxylation sites is 2. The summed E-state index contributed by atoms with van der Waals surface area (Å²) in [6, 6.07) is 63.6. The lowest BCUT2D eigenvalue weighted by atomic mass is 9.85. The Morgan fingerprint density at radius 2 is 1.07 bits per heavy atom. The Hall–Kier alpha value is -6.64. The molecule has 0 saturated heterocycles. The molecule has 1 aliphatic rings. The van der Waals surface area contributed by atoms with Crippen molar-refractivity contribution in [3.8, 4) is 44.5 Å². The lowest BCUT2D eigenvalue weighted by Gasteiger charge is -2.18. The molecule has 0 amide bonds. The fourth-order valence-corrected chi connectivity index (χ4v) is 8.89. The summed E-state index contributed by atoms with van der Waals surface area (Å²) in [5.74, 6) is 0.356.